The summed E-state index contributed by atoms with van der Waals surface area (Å²) >= 11 is 1.38. The molecule has 0 aromatic rings. The second-order valence-corrected chi connectivity index (χ2v) is 7.76. The second-order valence-electron chi connectivity index (χ2n) is 6.45. The molecule has 134 valence electrons. The molecule has 4 amide bonds. The van der Waals surface area contributed by atoms with E-state index in [-0.39, 0.29) is 47.1 Å². The van der Waals surface area contributed by atoms with Crippen LogP contribution < -0.4 is 11.1 Å². The summed E-state index contributed by atoms with van der Waals surface area (Å²) in [5.41, 5.74) is 5.33. The molecule has 3 N–H and O–H groups in total. The van der Waals surface area contributed by atoms with Crippen LogP contribution in [0.5, 0.6) is 0 Å². The summed E-state index contributed by atoms with van der Waals surface area (Å²) in [6.45, 7) is 0.440. The van der Waals surface area contributed by atoms with Crippen LogP contribution >= 0.6 is 11.8 Å². The van der Waals surface area contributed by atoms with E-state index in [1.165, 1.54) is 16.7 Å². The van der Waals surface area contributed by atoms with Gasteiger partial charge in [0.15, 0.2) is 0 Å². The van der Waals surface area contributed by atoms with Crippen LogP contribution in [-0.4, -0.2) is 53.1 Å². The molecule has 8 heteroatoms. The highest BCUT2D eigenvalue weighted by molar-refractivity contribution is 8.00. The molecule has 0 radical (unpaired) electrons. The Hall–Kier alpha value is -1.57. The molecule has 1 heterocycles. The Bertz CT molecular complexity index is 517. The molecule has 2 rings (SSSR count). The Kier molecular flexibility index (Phi) is 6.65. The third-order valence-corrected chi connectivity index (χ3v) is 6.03. The van der Waals surface area contributed by atoms with Crippen molar-refractivity contribution in [3.8, 4) is 0 Å². The molecular formula is C16H25N3O4S. The van der Waals surface area contributed by atoms with Gasteiger partial charge in [-0.2, -0.15) is 0 Å². The van der Waals surface area contributed by atoms with Crippen LogP contribution in [0.3, 0.4) is 0 Å². The van der Waals surface area contributed by atoms with Gasteiger partial charge in [0.1, 0.15) is 0 Å². The monoisotopic (exact) mass is 355 g/mol. The summed E-state index contributed by atoms with van der Waals surface area (Å²) in [5.74, 6) is 0.119. The number of likely N-dealkylation sites (tertiary alicyclic amines) is 1. The van der Waals surface area contributed by atoms with Crippen molar-refractivity contribution >= 4 is 35.4 Å². The van der Waals surface area contributed by atoms with Crippen molar-refractivity contribution in [3.63, 3.8) is 0 Å². The van der Waals surface area contributed by atoms with Crippen LogP contribution in [0.15, 0.2) is 0 Å². The van der Waals surface area contributed by atoms with Gasteiger partial charge in [-0.1, -0.05) is 0 Å². The SMILES string of the molecule is CNC(=O)CCSC1CC(=O)N(CC2CCC(C(N)=O)CC2)C1=O. The standard InChI is InChI=1S/C16H25N3O4S/c1-18-13(20)6-7-24-12-8-14(21)19(16(12)23)9-10-2-4-11(5-3-10)15(17)22/h10-12H,2-9H2,1H3,(H2,17,22)(H,18,20). The van der Waals surface area contributed by atoms with E-state index in [1.54, 1.807) is 7.05 Å². The normalized spacial score (nSPS) is 27.4. The van der Waals surface area contributed by atoms with Crippen molar-refractivity contribution in [2.24, 2.45) is 17.6 Å². The lowest BCUT2D eigenvalue weighted by Crippen LogP contribution is -2.38. The van der Waals surface area contributed by atoms with Gasteiger partial charge >= 0.3 is 0 Å². The molecule has 2 aliphatic rings. The molecule has 0 spiro atoms. The largest absolute Gasteiger partial charge is 0.369 e. The minimum Gasteiger partial charge on any atom is -0.369 e. The quantitative estimate of drug-likeness (QED) is 0.637. The molecule has 0 aromatic heterocycles. The van der Waals surface area contributed by atoms with Crippen molar-refractivity contribution in [1.82, 2.24) is 10.2 Å². The molecule has 7 nitrogen and oxygen atoms in total. The molecule has 1 saturated carbocycles. The first kappa shape index (κ1) is 18.8. The molecule has 1 saturated heterocycles. The van der Waals surface area contributed by atoms with E-state index in [0.717, 1.165) is 25.7 Å². The number of carbonyl (C=O) groups is 4. The van der Waals surface area contributed by atoms with Crippen molar-refractivity contribution < 1.29 is 19.2 Å². The van der Waals surface area contributed by atoms with Gasteiger partial charge in [-0.3, -0.25) is 24.1 Å². The average molecular weight is 355 g/mol. The van der Waals surface area contributed by atoms with Gasteiger partial charge in [0.25, 0.3) is 0 Å². The first-order valence-corrected chi connectivity index (χ1v) is 9.43. The Balaban J connectivity index is 1.79. The Morgan fingerprint density at radius 1 is 1.25 bits per heavy atom. The lowest BCUT2D eigenvalue weighted by Gasteiger charge is -2.29. The van der Waals surface area contributed by atoms with E-state index >= 15 is 0 Å². The maximum atomic E-state index is 12.4. The number of hydrogen-bond acceptors (Lipinski definition) is 5. The number of carbonyl (C=O) groups excluding carboxylic acids is 4. The molecule has 1 unspecified atom stereocenters. The van der Waals surface area contributed by atoms with Crippen molar-refractivity contribution in [1.29, 1.82) is 0 Å². The maximum Gasteiger partial charge on any atom is 0.242 e. The first-order chi connectivity index (χ1) is 11.4. The number of imide groups is 1. The first-order valence-electron chi connectivity index (χ1n) is 8.38. The minimum atomic E-state index is -0.371. The van der Waals surface area contributed by atoms with E-state index in [4.69, 9.17) is 5.73 Å². The number of rotatable bonds is 7. The van der Waals surface area contributed by atoms with Crippen LogP contribution in [0.25, 0.3) is 0 Å². The lowest BCUT2D eigenvalue weighted by atomic mass is 9.81. The average Bonchev–Trinajstić information content (AvgIpc) is 2.83. The van der Waals surface area contributed by atoms with Gasteiger partial charge in [0, 0.05) is 38.1 Å². The van der Waals surface area contributed by atoms with Crippen molar-refractivity contribution in [2.75, 3.05) is 19.3 Å². The van der Waals surface area contributed by atoms with E-state index in [1.807, 2.05) is 0 Å². The van der Waals surface area contributed by atoms with E-state index in [9.17, 15) is 19.2 Å². The van der Waals surface area contributed by atoms with Crippen LogP contribution in [0.4, 0.5) is 0 Å². The summed E-state index contributed by atoms with van der Waals surface area (Å²) in [7, 11) is 1.58. The molecule has 24 heavy (non-hydrogen) atoms. The number of nitrogens with zero attached hydrogens (tertiary/aromatic N) is 1. The second kappa shape index (κ2) is 8.50. The number of hydrogen-bond donors (Lipinski definition) is 2. The van der Waals surface area contributed by atoms with E-state index in [2.05, 4.69) is 5.32 Å². The van der Waals surface area contributed by atoms with Crippen molar-refractivity contribution in [2.45, 2.75) is 43.8 Å². The zero-order valence-electron chi connectivity index (χ0n) is 14.0. The molecule has 0 aromatic carbocycles. The molecule has 2 fully saturated rings. The summed E-state index contributed by atoms with van der Waals surface area (Å²) in [5, 5.41) is 2.17. The minimum absolute atomic E-state index is 0.0673. The smallest absolute Gasteiger partial charge is 0.242 e. The van der Waals surface area contributed by atoms with E-state index < -0.39 is 0 Å². The zero-order valence-corrected chi connectivity index (χ0v) is 14.8. The Morgan fingerprint density at radius 3 is 2.50 bits per heavy atom. The van der Waals surface area contributed by atoms with Crippen LogP contribution in [0.1, 0.15) is 38.5 Å². The summed E-state index contributed by atoms with van der Waals surface area (Å²) in [6.07, 6.45) is 3.67. The van der Waals surface area contributed by atoms with E-state index in [0.29, 0.717) is 18.7 Å². The fraction of sp³-hybridized carbons (Fsp3) is 0.750. The number of nitrogens with two attached hydrogens (primary N) is 1. The topological polar surface area (TPSA) is 110 Å². The van der Waals surface area contributed by atoms with Crippen LogP contribution in [0.2, 0.25) is 0 Å². The molecule has 1 aliphatic carbocycles. The predicted molar refractivity (Wildman–Crippen MR) is 90.9 cm³/mol. The predicted octanol–water partition coefficient (Wildman–Crippen LogP) is 0.275. The van der Waals surface area contributed by atoms with Crippen LogP contribution in [-0.2, 0) is 19.2 Å². The lowest BCUT2D eigenvalue weighted by molar-refractivity contribution is -0.139. The van der Waals surface area contributed by atoms with Gasteiger partial charge in [-0.15, -0.1) is 11.8 Å². The van der Waals surface area contributed by atoms with Gasteiger partial charge in [0.05, 0.1) is 5.25 Å². The van der Waals surface area contributed by atoms with Gasteiger partial charge < -0.3 is 11.1 Å². The van der Waals surface area contributed by atoms with Crippen LogP contribution in [0, 0.1) is 11.8 Å². The summed E-state index contributed by atoms with van der Waals surface area (Å²) in [6, 6.07) is 0. The summed E-state index contributed by atoms with van der Waals surface area (Å²) in [4.78, 5) is 48.3. The van der Waals surface area contributed by atoms with Crippen molar-refractivity contribution in [3.05, 3.63) is 0 Å². The maximum absolute atomic E-state index is 12.4. The molecule has 0 bridgehead atoms. The highest BCUT2D eigenvalue weighted by Gasteiger charge is 2.40. The van der Waals surface area contributed by atoms with Gasteiger partial charge in [-0.25, -0.2) is 0 Å². The highest BCUT2D eigenvalue weighted by Crippen LogP contribution is 2.32. The fourth-order valence-electron chi connectivity index (χ4n) is 3.28. The Labute approximate surface area is 146 Å². The zero-order chi connectivity index (χ0) is 17.7. The number of thioether (sulfide) groups is 1. The number of nitrogens with one attached hydrogen (secondary N) is 1. The molecule has 1 aliphatic heterocycles. The molecule has 1 atom stereocenters. The number of primary amides is 1. The summed E-state index contributed by atoms with van der Waals surface area (Å²) < 4.78 is 0. The third-order valence-electron chi connectivity index (χ3n) is 4.82. The van der Waals surface area contributed by atoms with Gasteiger partial charge in [-0.05, 0) is 31.6 Å². The highest BCUT2D eigenvalue weighted by atomic mass is 32.2. The van der Waals surface area contributed by atoms with Gasteiger partial charge in [0.2, 0.25) is 23.6 Å². The molecular weight excluding hydrogens is 330 g/mol. The third kappa shape index (κ3) is 4.72. The Morgan fingerprint density at radius 2 is 1.92 bits per heavy atom. The number of amides is 4. The fourth-order valence-corrected chi connectivity index (χ4v) is 4.40.